The van der Waals surface area contributed by atoms with E-state index in [1.165, 1.54) is 0 Å². The fraction of sp³-hybridized carbons (Fsp3) is 0.333. The van der Waals surface area contributed by atoms with Gasteiger partial charge in [-0.05, 0) is 34.7 Å². The van der Waals surface area contributed by atoms with Gasteiger partial charge in [-0.3, -0.25) is 0 Å². The molecule has 2 bridgehead atoms. The Balaban J connectivity index is 1.20. The Kier molecular flexibility index (Phi) is 4.70. The maximum Gasteiger partial charge on any atom is 0.312 e. The van der Waals surface area contributed by atoms with E-state index in [2.05, 4.69) is 31.2 Å². The third-order valence-corrected chi connectivity index (χ3v) is 6.58. The highest BCUT2D eigenvalue weighted by Gasteiger charge is 2.59. The van der Waals surface area contributed by atoms with Crippen molar-refractivity contribution in [3.8, 4) is 22.3 Å². The van der Waals surface area contributed by atoms with E-state index < -0.39 is 5.97 Å². The van der Waals surface area contributed by atoms with Crippen LogP contribution in [0.3, 0.4) is 0 Å². The molecule has 0 N–H and O–H groups in total. The van der Waals surface area contributed by atoms with Crippen molar-refractivity contribution in [2.45, 2.75) is 37.4 Å². The average molecular weight is 432 g/mol. The van der Waals surface area contributed by atoms with Crippen molar-refractivity contribution in [3.63, 3.8) is 0 Å². The van der Waals surface area contributed by atoms with Gasteiger partial charge in [-0.2, -0.15) is 0 Å². The van der Waals surface area contributed by atoms with E-state index in [1.54, 1.807) is 6.07 Å². The van der Waals surface area contributed by atoms with E-state index in [4.69, 9.17) is 18.9 Å². The van der Waals surface area contributed by atoms with Crippen molar-refractivity contribution in [3.05, 3.63) is 83.7 Å². The van der Waals surface area contributed by atoms with Gasteiger partial charge in [0.15, 0.2) is 0 Å². The molecule has 3 aromatic rings. The Morgan fingerprint density at radius 2 is 1.41 bits per heavy atom. The van der Waals surface area contributed by atoms with E-state index >= 15 is 0 Å². The van der Waals surface area contributed by atoms with Crippen LogP contribution in [-0.2, 0) is 24.9 Å². The number of epoxide rings is 1. The molecule has 0 amide bonds. The number of hydrogen-bond donors (Lipinski definition) is 0. The predicted molar refractivity (Wildman–Crippen MR) is 118 cm³/mol. The van der Waals surface area contributed by atoms with E-state index in [-0.39, 0.29) is 17.5 Å². The van der Waals surface area contributed by atoms with Gasteiger partial charge in [-0.1, -0.05) is 74.0 Å². The summed E-state index contributed by atoms with van der Waals surface area (Å²) in [7, 11) is 0. The number of rotatable bonds is 6. The Hall–Kier alpha value is -2.57. The number of halogens is 1. The van der Waals surface area contributed by atoms with E-state index in [9.17, 15) is 4.39 Å². The molecule has 0 aliphatic carbocycles. The van der Waals surface area contributed by atoms with Gasteiger partial charge in [0.25, 0.3) is 0 Å². The van der Waals surface area contributed by atoms with Crippen molar-refractivity contribution in [2.75, 3.05) is 19.8 Å². The fourth-order valence-corrected chi connectivity index (χ4v) is 4.73. The normalized spacial score (nSPS) is 28.2. The summed E-state index contributed by atoms with van der Waals surface area (Å²) in [6, 6.07) is 21.6. The Morgan fingerprint density at radius 3 is 1.97 bits per heavy atom. The smallest absolute Gasteiger partial charge is 0.312 e. The Labute approximate surface area is 186 Å². The van der Waals surface area contributed by atoms with Crippen LogP contribution in [0.15, 0.2) is 66.7 Å². The molecule has 3 heterocycles. The molecule has 0 aromatic heterocycles. The van der Waals surface area contributed by atoms with Gasteiger partial charge < -0.3 is 18.9 Å². The van der Waals surface area contributed by atoms with Crippen LogP contribution in [0.2, 0.25) is 0 Å². The number of hydrogen-bond acceptors (Lipinski definition) is 4. The van der Waals surface area contributed by atoms with Crippen LogP contribution in [0.4, 0.5) is 4.39 Å². The highest BCUT2D eigenvalue weighted by atomic mass is 19.1. The molecule has 1 atom stereocenters. The SMILES string of the molecule is CCCC12COC(c3ccc(-c4ccc(-c5ccc(C6CO6)c(F)c5)cc4)cc3)(OC1)O2. The maximum atomic E-state index is 14.4. The van der Waals surface area contributed by atoms with Gasteiger partial charge in [-0.25, -0.2) is 4.39 Å². The van der Waals surface area contributed by atoms with Crippen LogP contribution in [0.1, 0.15) is 37.0 Å². The molecular weight excluding hydrogens is 407 g/mol. The summed E-state index contributed by atoms with van der Waals surface area (Å²) in [5.41, 5.74) is 5.21. The lowest BCUT2D eigenvalue weighted by atomic mass is 9.98. The summed E-state index contributed by atoms with van der Waals surface area (Å²) in [6.45, 7) is 3.89. The third kappa shape index (κ3) is 3.37. The average Bonchev–Trinajstić information content (AvgIpc) is 3.52. The molecule has 5 heteroatoms. The Morgan fingerprint density at radius 1 is 0.844 bits per heavy atom. The second-order valence-electron chi connectivity index (χ2n) is 8.88. The van der Waals surface area contributed by atoms with Crippen LogP contribution in [0, 0.1) is 5.82 Å². The number of benzene rings is 3. The molecule has 4 nitrogen and oxygen atoms in total. The summed E-state index contributed by atoms with van der Waals surface area (Å²) < 4.78 is 37.7. The molecule has 0 saturated carbocycles. The van der Waals surface area contributed by atoms with Crippen LogP contribution < -0.4 is 0 Å². The van der Waals surface area contributed by atoms with Gasteiger partial charge >= 0.3 is 5.97 Å². The standard InChI is InChI=1S/C27H25FO4/c1-2-13-26-16-30-27(32-26,31-17-26)22-10-7-19(8-11-22)18-3-5-20(6-4-18)21-9-12-23(24(28)14-21)25-15-29-25/h3-12,14,25H,2,13,15-17H2,1H3. The molecule has 3 aliphatic rings. The largest absolute Gasteiger partial charge is 0.368 e. The van der Waals surface area contributed by atoms with Crippen molar-refractivity contribution in [2.24, 2.45) is 0 Å². The maximum absolute atomic E-state index is 14.4. The lowest BCUT2D eigenvalue weighted by Gasteiger charge is -2.24. The molecule has 32 heavy (non-hydrogen) atoms. The molecule has 1 unspecified atom stereocenters. The minimum absolute atomic E-state index is 0.0772. The van der Waals surface area contributed by atoms with Gasteiger partial charge in [0, 0.05) is 11.1 Å². The van der Waals surface area contributed by atoms with Crippen LogP contribution in [0.25, 0.3) is 22.3 Å². The second-order valence-corrected chi connectivity index (χ2v) is 8.88. The van der Waals surface area contributed by atoms with E-state index in [0.717, 1.165) is 40.7 Å². The highest BCUT2D eigenvalue weighted by Crippen LogP contribution is 2.48. The molecule has 0 spiro atoms. The summed E-state index contributed by atoms with van der Waals surface area (Å²) in [5, 5.41) is 0. The molecule has 3 saturated heterocycles. The molecule has 0 radical (unpaired) electrons. The first-order chi connectivity index (χ1) is 15.6. The van der Waals surface area contributed by atoms with Crippen LogP contribution >= 0.6 is 0 Å². The number of fused-ring (bicyclic) bond motifs is 2. The molecule has 3 fully saturated rings. The van der Waals surface area contributed by atoms with E-state index in [0.29, 0.717) is 25.4 Å². The first-order valence-electron chi connectivity index (χ1n) is 11.2. The molecule has 3 aliphatic heterocycles. The quantitative estimate of drug-likeness (QED) is 0.451. The topological polar surface area (TPSA) is 40.2 Å². The molecule has 164 valence electrons. The highest BCUT2D eigenvalue weighted by molar-refractivity contribution is 5.70. The summed E-state index contributed by atoms with van der Waals surface area (Å²) >= 11 is 0. The van der Waals surface area contributed by atoms with Crippen molar-refractivity contribution >= 4 is 0 Å². The minimum atomic E-state index is -1.07. The first kappa shape index (κ1) is 20.1. The second kappa shape index (κ2) is 7.49. The molecule has 3 aromatic carbocycles. The molecular formula is C27H25FO4. The van der Waals surface area contributed by atoms with Gasteiger partial charge in [0.1, 0.15) is 17.5 Å². The zero-order valence-electron chi connectivity index (χ0n) is 18.0. The Bertz CT molecular complexity index is 1130. The van der Waals surface area contributed by atoms with Crippen molar-refractivity contribution in [1.82, 2.24) is 0 Å². The lowest BCUT2D eigenvalue weighted by molar-refractivity contribution is -0.310. The van der Waals surface area contributed by atoms with Gasteiger partial charge in [-0.15, -0.1) is 0 Å². The molecule has 6 rings (SSSR count). The van der Waals surface area contributed by atoms with Crippen molar-refractivity contribution in [1.29, 1.82) is 0 Å². The third-order valence-electron chi connectivity index (χ3n) is 6.58. The van der Waals surface area contributed by atoms with Crippen LogP contribution in [-0.4, -0.2) is 25.4 Å². The van der Waals surface area contributed by atoms with Crippen LogP contribution in [0.5, 0.6) is 0 Å². The lowest BCUT2D eigenvalue weighted by Crippen LogP contribution is -2.35. The fourth-order valence-electron chi connectivity index (χ4n) is 4.73. The van der Waals surface area contributed by atoms with Gasteiger partial charge in [0.2, 0.25) is 0 Å². The first-order valence-corrected chi connectivity index (χ1v) is 11.2. The van der Waals surface area contributed by atoms with E-state index in [1.807, 2.05) is 36.4 Å². The monoisotopic (exact) mass is 432 g/mol. The zero-order chi connectivity index (χ0) is 21.8. The van der Waals surface area contributed by atoms with Crippen molar-refractivity contribution < 1.29 is 23.3 Å². The summed E-state index contributed by atoms with van der Waals surface area (Å²) in [6.07, 6.45) is 1.88. The summed E-state index contributed by atoms with van der Waals surface area (Å²) in [5.74, 6) is -1.28. The number of ether oxygens (including phenoxy) is 4. The minimum Gasteiger partial charge on any atom is -0.368 e. The van der Waals surface area contributed by atoms with Gasteiger partial charge in [0.05, 0.1) is 19.8 Å². The zero-order valence-corrected chi connectivity index (χ0v) is 18.0. The predicted octanol–water partition coefficient (Wildman–Crippen LogP) is 5.96. The summed E-state index contributed by atoms with van der Waals surface area (Å²) in [4.78, 5) is 0.